The van der Waals surface area contributed by atoms with E-state index in [1.54, 1.807) is 0 Å². The maximum absolute atomic E-state index is 12.1. The first-order valence-corrected chi connectivity index (χ1v) is 6.28. The summed E-state index contributed by atoms with van der Waals surface area (Å²) in [5.74, 6) is -0.683. The van der Waals surface area contributed by atoms with Crippen molar-refractivity contribution in [3.05, 3.63) is 33.9 Å². The normalized spacial score (nSPS) is 21.1. The number of hydrogen-bond acceptors (Lipinski definition) is 5. The Hall–Kier alpha value is -2.62. The number of hydrogen-bond donors (Lipinski definition) is 2. The van der Waals surface area contributed by atoms with Crippen LogP contribution in [0.15, 0.2) is 18.2 Å². The van der Waals surface area contributed by atoms with Gasteiger partial charge in [-0.3, -0.25) is 14.9 Å². The Morgan fingerprint density at radius 3 is 2.90 bits per heavy atom. The number of benzene rings is 1. The average molecular weight is 274 g/mol. The van der Waals surface area contributed by atoms with Crippen LogP contribution in [-0.4, -0.2) is 16.9 Å². The van der Waals surface area contributed by atoms with Crippen molar-refractivity contribution in [1.29, 1.82) is 5.26 Å². The van der Waals surface area contributed by atoms with Gasteiger partial charge in [0.05, 0.1) is 22.5 Å². The third-order valence-electron chi connectivity index (χ3n) is 3.52. The minimum absolute atomic E-state index is 0.0720. The SMILES string of the molecule is N#C[C@H]1CCC[C@@H]1NC(=O)c1cccc([N+](=O)[O-])c1N. The highest BCUT2D eigenvalue weighted by Crippen LogP contribution is 2.27. The Morgan fingerprint density at radius 2 is 2.25 bits per heavy atom. The van der Waals surface area contributed by atoms with Crippen molar-refractivity contribution >= 4 is 17.3 Å². The lowest BCUT2D eigenvalue weighted by molar-refractivity contribution is -0.383. The molecule has 2 rings (SSSR count). The number of amides is 1. The lowest BCUT2D eigenvalue weighted by Gasteiger charge is -2.16. The third kappa shape index (κ3) is 2.54. The molecule has 104 valence electrons. The molecule has 0 bridgehead atoms. The van der Waals surface area contributed by atoms with Crippen LogP contribution in [0, 0.1) is 27.4 Å². The van der Waals surface area contributed by atoms with Gasteiger partial charge in [0.2, 0.25) is 0 Å². The monoisotopic (exact) mass is 274 g/mol. The van der Waals surface area contributed by atoms with E-state index in [2.05, 4.69) is 11.4 Å². The summed E-state index contributed by atoms with van der Waals surface area (Å²) in [6.07, 6.45) is 2.37. The summed E-state index contributed by atoms with van der Waals surface area (Å²) in [6.45, 7) is 0. The van der Waals surface area contributed by atoms with E-state index in [9.17, 15) is 14.9 Å². The number of nitro groups is 1. The quantitative estimate of drug-likeness (QED) is 0.492. The molecule has 3 N–H and O–H groups in total. The number of anilines is 1. The molecule has 0 saturated heterocycles. The molecule has 1 fully saturated rings. The molecule has 0 aromatic heterocycles. The van der Waals surface area contributed by atoms with E-state index in [0.717, 1.165) is 19.3 Å². The number of nitrogen functional groups attached to an aromatic ring is 1. The topological polar surface area (TPSA) is 122 Å². The van der Waals surface area contributed by atoms with Crippen molar-refractivity contribution in [2.45, 2.75) is 25.3 Å². The van der Waals surface area contributed by atoms with Gasteiger partial charge in [-0.25, -0.2) is 0 Å². The summed E-state index contributed by atoms with van der Waals surface area (Å²) < 4.78 is 0. The van der Waals surface area contributed by atoms with Gasteiger partial charge in [0.25, 0.3) is 11.6 Å². The van der Waals surface area contributed by atoms with Gasteiger partial charge >= 0.3 is 0 Å². The molecular weight excluding hydrogens is 260 g/mol. The van der Waals surface area contributed by atoms with E-state index in [0.29, 0.717) is 0 Å². The molecule has 7 nitrogen and oxygen atoms in total. The van der Waals surface area contributed by atoms with Gasteiger partial charge in [0, 0.05) is 12.1 Å². The molecule has 0 radical (unpaired) electrons. The number of nitrogens with two attached hydrogens (primary N) is 1. The minimum atomic E-state index is -0.625. The van der Waals surface area contributed by atoms with Crippen LogP contribution in [0.25, 0.3) is 0 Å². The molecule has 7 heteroatoms. The van der Waals surface area contributed by atoms with Crippen molar-refractivity contribution in [2.75, 3.05) is 5.73 Å². The summed E-state index contributed by atoms with van der Waals surface area (Å²) in [5.41, 5.74) is 5.29. The predicted molar refractivity (Wildman–Crippen MR) is 71.7 cm³/mol. The Balaban J connectivity index is 2.20. The van der Waals surface area contributed by atoms with E-state index in [1.807, 2.05) is 0 Å². The van der Waals surface area contributed by atoms with Crippen molar-refractivity contribution < 1.29 is 9.72 Å². The second-order valence-corrected chi connectivity index (χ2v) is 4.74. The number of carbonyl (C=O) groups is 1. The second-order valence-electron chi connectivity index (χ2n) is 4.74. The van der Waals surface area contributed by atoms with Crippen LogP contribution >= 0.6 is 0 Å². The van der Waals surface area contributed by atoms with Crippen LogP contribution in [-0.2, 0) is 0 Å². The van der Waals surface area contributed by atoms with Gasteiger partial charge in [-0.2, -0.15) is 5.26 Å². The fourth-order valence-corrected chi connectivity index (χ4v) is 2.44. The van der Waals surface area contributed by atoms with Crippen LogP contribution in [0.2, 0.25) is 0 Å². The molecule has 0 unspecified atom stereocenters. The van der Waals surface area contributed by atoms with Crippen molar-refractivity contribution in [3.63, 3.8) is 0 Å². The minimum Gasteiger partial charge on any atom is -0.393 e. The number of carbonyl (C=O) groups excluding carboxylic acids is 1. The third-order valence-corrected chi connectivity index (χ3v) is 3.52. The first-order valence-electron chi connectivity index (χ1n) is 6.28. The van der Waals surface area contributed by atoms with Gasteiger partial charge < -0.3 is 11.1 Å². The number of nitrogens with zero attached hydrogens (tertiary/aromatic N) is 2. The second kappa shape index (κ2) is 5.57. The number of nitrogens with one attached hydrogen (secondary N) is 1. The van der Waals surface area contributed by atoms with Crippen molar-refractivity contribution in [3.8, 4) is 6.07 Å². The number of para-hydroxylation sites is 1. The van der Waals surface area contributed by atoms with Crippen LogP contribution < -0.4 is 11.1 Å². The Bertz CT molecular complexity index is 594. The maximum Gasteiger partial charge on any atom is 0.292 e. The Labute approximate surface area is 115 Å². The molecular formula is C13H14N4O3. The molecule has 0 heterocycles. The van der Waals surface area contributed by atoms with Crippen molar-refractivity contribution in [1.82, 2.24) is 5.32 Å². The molecule has 0 aliphatic heterocycles. The number of nitro benzene ring substituents is 1. The zero-order valence-corrected chi connectivity index (χ0v) is 10.7. The highest BCUT2D eigenvalue weighted by molar-refractivity contribution is 6.01. The highest BCUT2D eigenvalue weighted by atomic mass is 16.6. The fraction of sp³-hybridized carbons (Fsp3) is 0.385. The first kappa shape index (κ1) is 13.8. The zero-order chi connectivity index (χ0) is 14.7. The highest BCUT2D eigenvalue weighted by Gasteiger charge is 2.29. The summed E-state index contributed by atoms with van der Waals surface area (Å²) in [6, 6.07) is 6.05. The molecule has 0 spiro atoms. The summed E-state index contributed by atoms with van der Waals surface area (Å²) in [5, 5.41) is 22.5. The van der Waals surface area contributed by atoms with Crippen LogP contribution in [0.1, 0.15) is 29.6 Å². The standard InChI is InChI=1S/C13H14N4O3/c14-7-8-3-1-5-10(8)16-13(18)9-4-2-6-11(12(9)15)17(19)20/h2,4,6,8,10H,1,3,5,15H2,(H,16,18)/t8-,10+/m1/s1. The van der Waals surface area contributed by atoms with E-state index in [-0.39, 0.29) is 28.9 Å². The summed E-state index contributed by atoms with van der Waals surface area (Å²) in [4.78, 5) is 22.3. The molecule has 1 saturated carbocycles. The van der Waals surface area contributed by atoms with Gasteiger partial charge in [0.15, 0.2) is 0 Å². The lowest BCUT2D eigenvalue weighted by Crippen LogP contribution is -2.37. The molecule has 20 heavy (non-hydrogen) atoms. The predicted octanol–water partition coefficient (Wildman–Crippen LogP) is 1.60. The van der Waals surface area contributed by atoms with Gasteiger partial charge in [0.1, 0.15) is 5.69 Å². The Kier molecular flexibility index (Phi) is 3.84. The van der Waals surface area contributed by atoms with Crippen molar-refractivity contribution in [2.24, 2.45) is 5.92 Å². The van der Waals surface area contributed by atoms with Crippen LogP contribution in [0.4, 0.5) is 11.4 Å². The molecule has 1 amide bonds. The average Bonchev–Trinajstić information content (AvgIpc) is 2.85. The summed E-state index contributed by atoms with van der Waals surface area (Å²) in [7, 11) is 0. The fourth-order valence-electron chi connectivity index (χ4n) is 2.44. The van der Waals surface area contributed by atoms with Gasteiger partial charge in [-0.1, -0.05) is 6.07 Å². The largest absolute Gasteiger partial charge is 0.393 e. The Morgan fingerprint density at radius 1 is 1.50 bits per heavy atom. The first-order chi connectivity index (χ1) is 9.54. The maximum atomic E-state index is 12.1. The van der Waals surface area contributed by atoms with Crippen LogP contribution in [0.5, 0.6) is 0 Å². The molecule has 1 aromatic rings. The molecule has 2 atom stereocenters. The zero-order valence-electron chi connectivity index (χ0n) is 10.7. The molecule has 1 aromatic carbocycles. The summed E-state index contributed by atoms with van der Waals surface area (Å²) >= 11 is 0. The number of rotatable bonds is 3. The van der Waals surface area contributed by atoms with E-state index in [4.69, 9.17) is 11.0 Å². The van der Waals surface area contributed by atoms with Crippen LogP contribution in [0.3, 0.4) is 0 Å². The lowest BCUT2D eigenvalue weighted by atomic mass is 10.0. The number of nitriles is 1. The van der Waals surface area contributed by atoms with Gasteiger partial charge in [-0.05, 0) is 25.3 Å². The van der Waals surface area contributed by atoms with Gasteiger partial charge in [-0.15, -0.1) is 0 Å². The van der Waals surface area contributed by atoms with E-state index in [1.165, 1.54) is 18.2 Å². The smallest absolute Gasteiger partial charge is 0.292 e. The molecule has 1 aliphatic carbocycles. The molecule has 1 aliphatic rings. The van der Waals surface area contributed by atoms with E-state index < -0.39 is 10.8 Å². The van der Waals surface area contributed by atoms with E-state index >= 15 is 0 Å².